The maximum Gasteiger partial charge on any atom is 0.119 e. The highest BCUT2D eigenvalue weighted by Gasteiger charge is 2.16. The molecule has 3 heteroatoms. The smallest absolute Gasteiger partial charge is 0.119 e. The Kier molecular flexibility index (Phi) is 7.63. The summed E-state index contributed by atoms with van der Waals surface area (Å²) < 4.78 is 11.3. The predicted molar refractivity (Wildman–Crippen MR) is 84.3 cm³/mol. The SMILES string of the molecule is CCCCOc1ccc(CNCC(C)(C)OCC)cc1. The summed E-state index contributed by atoms with van der Waals surface area (Å²) in [5.41, 5.74) is 1.15. The molecular formula is C17H29NO2. The summed E-state index contributed by atoms with van der Waals surface area (Å²) in [6.07, 6.45) is 2.27. The number of rotatable bonds is 10. The van der Waals surface area contributed by atoms with E-state index >= 15 is 0 Å². The minimum Gasteiger partial charge on any atom is -0.494 e. The molecule has 1 N–H and O–H groups in total. The molecular weight excluding hydrogens is 250 g/mol. The van der Waals surface area contributed by atoms with Gasteiger partial charge in [0, 0.05) is 19.7 Å². The third-order valence-electron chi connectivity index (χ3n) is 3.10. The lowest BCUT2D eigenvalue weighted by Crippen LogP contribution is -2.37. The van der Waals surface area contributed by atoms with E-state index in [0.717, 1.165) is 44.9 Å². The lowest BCUT2D eigenvalue weighted by atomic mass is 10.1. The molecule has 0 spiro atoms. The molecule has 0 radical (unpaired) electrons. The van der Waals surface area contributed by atoms with E-state index < -0.39 is 0 Å². The van der Waals surface area contributed by atoms with Crippen LogP contribution < -0.4 is 10.1 Å². The largest absolute Gasteiger partial charge is 0.494 e. The standard InChI is InChI=1S/C17H29NO2/c1-5-7-12-19-16-10-8-15(9-11-16)13-18-14-17(3,4)20-6-2/h8-11,18H,5-7,12-14H2,1-4H3. The molecule has 0 saturated carbocycles. The highest BCUT2D eigenvalue weighted by Crippen LogP contribution is 2.13. The van der Waals surface area contributed by atoms with Crippen molar-refractivity contribution in [3.63, 3.8) is 0 Å². The van der Waals surface area contributed by atoms with E-state index in [9.17, 15) is 0 Å². The topological polar surface area (TPSA) is 30.5 Å². The zero-order chi connectivity index (χ0) is 14.8. The fraction of sp³-hybridized carbons (Fsp3) is 0.647. The molecule has 0 aliphatic rings. The molecule has 3 nitrogen and oxygen atoms in total. The van der Waals surface area contributed by atoms with Crippen LogP contribution in [0.5, 0.6) is 5.75 Å². The predicted octanol–water partition coefficient (Wildman–Crippen LogP) is 3.77. The summed E-state index contributed by atoms with van der Waals surface area (Å²) in [4.78, 5) is 0. The molecule has 0 amide bonds. The molecule has 0 atom stereocenters. The second kappa shape index (κ2) is 8.98. The van der Waals surface area contributed by atoms with Gasteiger partial charge in [-0.05, 0) is 44.9 Å². The Bertz CT molecular complexity index is 360. The van der Waals surface area contributed by atoms with Crippen LogP contribution in [0, 0.1) is 0 Å². The summed E-state index contributed by atoms with van der Waals surface area (Å²) in [6, 6.07) is 8.31. The van der Waals surface area contributed by atoms with E-state index in [1.54, 1.807) is 0 Å². The molecule has 0 unspecified atom stereocenters. The third kappa shape index (κ3) is 6.92. The first-order chi connectivity index (χ1) is 9.57. The van der Waals surface area contributed by atoms with Crippen LogP contribution in [0.1, 0.15) is 46.1 Å². The van der Waals surface area contributed by atoms with Crippen LogP contribution in [0.2, 0.25) is 0 Å². The van der Waals surface area contributed by atoms with E-state index in [2.05, 4.69) is 38.2 Å². The summed E-state index contributed by atoms with van der Waals surface area (Å²) in [6.45, 7) is 11.7. The van der Waals surface area contributed by atoms with Gasteiger partial charge in [-0.1, -0.05) is 25.5 Å². The molecule has 0 bridgehead atoms. The van der Waals surface area contributed by atoms with Crippen molar-refractivity contribution in [3.8, 4) is 5.75 Å². The van der Waals surface area contributed by atoms with Crippen molar-refractivity contribution in [2.45, 2.75) is 52.7 Å². The van der Waals surface area contributed by atoms with Gasteiger partial charge >= 0.3 is 0 Å². The summed E-state index contributed by atoms with van der Waals surface area (Å²) >= 11 is 0. The Labute approximate surface area is 123 Å². The van der Waals surface area contributed by atoms with Gasteiger partial charge in [-0.2, -0.15) is 0 Å². The molecule has 0 aliphatic heterocycles. The average molecular weight is 279 g/mol. The minimum absolute atomic E-state index is 0.113. The summed E-state index contributed by atoms with van der Waals surface area (Å²) in [5, 5.41) is 3.43. The van der Waals surface area contributed by atoms with E-state index in [1.165, 1.54) is 5.56 Å². The van der Waals surface area contributed by atoms with Crippen molar-refractivity contribution in [1.29, 1.82) is 0 Å². The lowest BCUT2D eigenvalue weighted by molar-refractivity contribution is -0.00897. The Balaban J connectivity index is 2.31. The normalized spacial score (nSPS) is 11.6. The quantitative estimate of drug-likeness (QED) is 0.661. The maximum atomic E-state index is 5.66. The highest BCUT2D eigenvalue weighted by molar-refractivity contribution is 5.27. The molecule has 0 aromatic heterocycles. The van der Waals surface area contributed by atoms with E-state index in [0.29, 0.717) is 0 Å². The fourth-order valence-corrected chi connectivity index (χ4v) is 1.99. The van der Waals surface area contributed by atoms with Gasteiger partial charge in [0.1, 0.15) is 5.75 Å². The zero-order valence-corrected chi connectivity index (χ0v) is 13.4. The van der Waals surface area contributed by atoms with Crippen molar-refractivity contribution in [3.05, 3.63) is 29.8 Å². The molecule has 1 aromatic rings. The Hall–Kier alpha value is -1.06. The number of ether oxygens (including phenoxy) is 2. The van der Waals surface area contributed by atoms with E-state index in [1.807, 2.05) is 19.1 Å². The number of nitrogens with one attached hydrogen (secondary N) is 1. The van der Waals surface area contributed by atoms with Gasteiger partial charge in [-0.25, -0.2) is 0 Å². The van der Waals surface area contributed by atoms with Crippen molar-refractivity contribution in [2.75, 3.05) is 19.8 Å². The Morgan fingerprint density at radius 3 is 2.40 bits per heavy atom. The van der Waals surface area contributed by atoms with Gasteiger partial charge in [0.2, 0.25) is 0 Å². The number of benzene rings is 1. The van der Waals surface area contributed by atoms with Crippen molar-refractivity contribution >= 4 is 0 Å². The van der Waals surface area contributed by atoms with Gasteiger partial charge in [0.05, 0.1) is 12.2 Å². The zero-order valence-electron chi connectivity index (χ0n) is 13.4. The van der Waals surface area contributed by atoms with Gasteiger partial charge in [-0.15, -0.1) is 0 Å². The van der Waals surface area contributed by atoms with E-state index in [4.69, 9.17) is 9.47 Å². The van der Waals surface area contributed by atoms with Gasteiger partial charge in [0.25, 0.3) is 0 Å². The second-order valence-corrected chi connectivity index (χ2v) is 5.64. The molecule has 114 valence electrons. The van der Waals surface area contributed by atoms with Crippen LogP contribution in [0.4, 0.5) is 0 Å². The number of unbranched alkanes of at least 4 members (excludes halogenated alkanes) is 1. The first-order valence-electron chi connectivity index (χ1n) is 7.64. The molecule has 0 heterocycles. The summed E-state index contributed by atoms with van der Waals surface area (Å²) in [5.74, 6) is 0.955. The summed E-state index contributed by atoms with van der Waals surface area (Å²) in [7, 11) is 0. The highest BCUT2D eigenvalue weighted by atomic mass is 16.5. The van der Waals surface area contributed by atoms with Crippen molar-refractivity contribution in [2.24, 2.45) is 0 Å². The Morgan fingerprint density at radius 2 is 1.80 bits per heavy atom. The molecule has 0 saturated heterocycles. The molecule has 0 fully saturated rings. The van der Waals surface area contributed by atoms with Crippen LogP contribution in [0.25, 0.3) is 0 Å². The second-order valence-electron chi connectivity index (χ2n) is 5.64. The average Bonchev–Trinajstić information content (AvgIpc) is 2.40. The molecule has 1 aromatic carbocycles. The first kappa shape index (κ1) is 17.0. The van der Waals surface area contributed by atoms with Crippen LogP contribution >= 0.6 is 0 Å². The third-order valence-corrected chi connectivity index (χ3v) is 3.10. The van der Waals surface area contributed by atoms with Crippen LogP contribution in [0.3, 0.4) is 0 Å². The van der Waals surface area contributed by atoms with Gasteiger partial charge in [0.15, 0.2) is 0 Å². The fourth-order valence-electron chi connectivity index (χ4n) is 1.99. The van der Waals surface area contributed by atoms with Crippen LogP contribution in [-0.2, 0) is 11.3 Å². The number of hydrogen-bond acceptors (Lipinski definition) is 3. The Morgan fingerprint density at radius 1 is 1.10 bits per heavy atom. The monoisotopic (exact) mass is 279 g/mol. The van der Waals surface area contributed by atoms with Crippen molar-refractivity contribution in [1.82, 2.24) is 5.32 Å². The molecule has 1 rings (SSSR count). The minimum atomic E-state index is -0.113. The molecule has 0 aliphatic carbocycles. The van der Waals surface area contributed by atoms with Crippen molar-refractivity contribution < 1.29 is 9.47 Å². The lowest BCUT2D eigenvalue weighted by Gasteiger charge is -2.25. The first-order valence-corrected chi connectivity index (χ1v) is 7.64. The van der Waals surface area contributed by atoms with Gasteiger partial charge < -0.3 is 14.8 Å². The van der Waals surface area contributed by atoms with Crippen LogP contribution in [0.15, 0.2) is 24.3 Å². The maximum absolute atomic E-state index is 5.66. The van der Waals surface area contributed by atoms with E-state index in [-0.39, 0.29) is 5.60 Å². The number of hydrogen-bond donors (Lipinski definition) is 1. The van der Waals surface area contributed by atoms with Crippen LogP contribution in [-0.4, -0.2) is 25.4 Å². The molecule has 20 heavy (non-hydrogen) atoms. The van der Waals surface area contributed by atoms with Gasteiger partial charge in [-0.3, -0.25) is 0 Å².